The Kier molecular flexibility index (Phi) is 5.77. The van der Waals surface area contributed by atoms with Gasteiger partial charge in [-0.1, -0.05) is 30.7 Å². The van der Waals surface area contributed by atoms with E-state index in [-0.39, 0.29) is 0 Å². The molecule has 1 unspecified atom stereocenters. The fourth-order valence-corrected chi connectivity index (χ4v) is 3.57. The van der Waals surface area contributed by atoms with Gasteiger partial charge in [0.05, 0.1) is 10.7 Å². The largest absolute Gasteiger partial charge is 0.480 e. The van der Waals surface area contributed by atoms with Gasteiger partial charge < -0.3 is 15.7 Å². The fourth-order valence-electron chi connectivity index (χ4n) is 3.05. The van der Waals surface area contributed by atoms with Gasteiger partial charge in [0.1, 0.15) is 6.04 Å². The average Bonchev–Trinajstić information content (AvgIpc) is 2.67. The van der Waals surface area contributed by atoms with Crippen LogP contribution in [0.15, 0.2) is 36.4 Å². The van der Waals surface area contributed by atoms with Crippen molar-refractivity contribution in [3.63, 3.8) is 0 Å². The predicted molar refractivity (Wildman–Crippen MR) is 108 cm³/mol. The second-order valence-corrected chi connectivity index (χ2v) is 7.00. The van der Waals surface area contributed by atoms with E-state index >= 15 is 0 Å². The molecule has 1 heterocycles. The zero-order chi connectivity index (χ0) is 19.6. The topological polar surface area (TPSA) is 81.7 Å². The second kappa shape index (κ2) is 8.06. The van der Waals surface area contributed by atoms with Crippen LogP contribution in [0.5, 0.6) is 0 Å². The molecule has 3 N–H and O–H groups in total. The highest BCUT2D eigenvalue weighted by Crippen LogP contribution is 2.33. The van der Waals surface area contributed by atoms with Crippen LogP contribution in [0.4, 0.5) is 21.9 Å². The van der Waals surface area contributed by atoms with E-state index in [2.05, 4.69) is 10.6 Å². The number of nitrogens with one attached hydrogen (secondary N) is 2. The lowest BCUT2D eigenvalue weighted by Gasteiger charge is -2.26. The molecule has 6 nitrogen and oxygen atoms in total. The molecular formula is C19H19Cl2N3O3. The molecule has 0 bridgehead atoms. The molecule has 27 heavy (non-hydrogen) atoms. The Bertz CT molecular complexity index is 888. The van der Waals surface area contributed by atoms with Crippen molar-refractivity contribution in [2.45, 2.75) is 32.2 Å². The van der Waals surface area contributed by atoms with E-state index in [1.54, 1.807) is 30.3 Å². The van der Waals surface area contributed by atoms with Crippen LogP contribution in [0.25, 0.3) is 0 Å². The Balaban J connectivity index is 1.79. The maximum atomic E-state index is 12.6. The van der Waals surface area contributed by atoms with Crippen LogP contribution in [0.1, 0.15) is 24.5 Å². The fraction of sp³-hybridized carbons (Fsp3) is 0.263. The quantitative estimate of drug-likeness (QED) is 0.629. The normalized spacial score (nSPS) is 15.4. The SMILES string of the molecule is CCc1ccc(N(Cl)C(=O)Nc2cccc3c2CCC(C(=O)O)N3)c(Cl)c1. The number of fused-ring (bicyclic) bond motifs is 1. The number of aryl methyl sites for hydroxylation is 1. The third-order valence-electron chi connectivity index (χ3n) is 4.54. The number of hydrogen-bond acceptors (Lipinski definition) is 3. The maximum Gasteiger partial charge on any atom is 0.341 e. The molecule has 0 aromatic heterocycles. The van der Waals surface area contributed by atoms with E-state index in [1.165, 1.54) is 0 Å². The highest BCUT2D eigenvalue weighted by Gasteiger charge is 2.26. The molecule has 8 heteroatoms. The summed E-state index contributed by atoms with van der Waals surface area (Å²) in [7, 11) is 0. The van der Waals surface area contributed by atoms with Crippen molar-refractivity contribution in [3.05, 3.63) is 52.5 Å². The number of rotatable bonds is 4. The van der Waals surface area contributed by atoms with Gasteiger partial charge in [-0.25, -0.2) is 14.0 Å². The molecule has 142 valence electrons. The minimum absolute atomic E-state index is 0.389. The van der Waals surface area contributed by atoms with Gasteiger partial charge >= 0.3 is 12.0 Å². The minimum Gasteiger partial charge on any atom is -0.480 e. The molecule has 0 spiro atoms. The number of aliphatic carboxylic acids is 1. The van der Waals surface area contributed by atoms with Gasteiger partial charge in [0.2, 0.25) is 0 Å². The first-order valence-electron chi connectivity index (χ1n) is 8.57. The van der Waals surface area contributed by atoms with Gasteiger partial charge in [-0.3, -0.25) is 0 Å². The summed E-state index contributed by atoms with van der Waals surface area (Å²) >= 11 is 12.4. The van der Waals surface area contributed by atoms with E-state index in [1.807, 2.05) is 13.0 Å². The lowest BCUT2D eigenvalue weighted by atomic mass is 9.96. The van der Waals surface area contributed by atoms with Crippen molar-refractivity contribution >= 4 is 52.4 Å². The third-order valence-corrected chi connectivity index (χ3v) is 5.18. The summed E-state index contributed by atoms with van der Waals surface area (Å²) in [5.41, 5.74) is 3.56. The maximum absolute atomic E-state index is 12.6. The van der Waals surface area contributed by atoms with Crippen LogP contribution in [-0.4, -0.2) is 23.1 Å². The average molecular weight is 408 g/mol. The van der Waals surface area contributed by atoms with E-state index in [0.29, 0.717) is 34.9 Å². The van der Waals surface area contributed by atoms with Crippen LogP contribution < -0.4 is 15.1 Å². The number of amides is 2. The molecule has 0 saturated carbocycles. The Morgan fingerprint density at radius 2 is 2.11 bits per heavy atom. The molecule has 2 aromatic rings. The number of carbonyl (C=O) groups is 2. The number of hydrogen-bond donors (Lipinski definition) is 3. The molecule has 2 amide bonds. The summed E-state index contributed by atoms with van der Waals surface area (Å²) in [6, 6.07) is 9.45. The molecule has 1 atom stereocenters. The Morgan fingerprint density at radius 1 is 1.33 bits per heavy atom. The van der Waals surface area contributed by atoms with Gasteiger partial charge in [0.25, 0.3) is 0 Å². The number of benzene rings is 2. The van der Waals surface area contributed by atoms with Gasteiger partial charge in [-0.05, 0) is 54.7 Å². The summed E-state index contributed by atoms with van der Waals surface area (Å²) in [4.78, 5) is 23.8. The monoisotopic (exact) mass is 407 g/mol. The summed E-state index contributed by atoms with van der Waals surface area (Å²) in [6.07, 6.45) is 1.79. The summed E-state index contributed by atoms with van der Waals surface area (Å²) in [5.74, 6) is -0.896. The van der Waals surface area contributed by atoms with Crippen LogP contribution in [0.2, 0.25) is 5.02 Å². The zero-order valence-electron chi connectivity index (χ0n) is 14.6. The van der Waals surface area contributed by atoms with E-state index in [0.717, 1.165) is 22.0 Å². The van der Waals surface area contributed by atoms with Crippen molar-refractivity contribution in [1.82, 2.24) is 0 Å². The first kappa shape index (κ1) is 19.3. The molecule has 0 fully saturated rings. The number of carbonyl (C=O) groups excluding carboxylic acids is 1. The van der Waals surface area contributed by atoms with E-state index in [4.69, 9.17) is 23.4 Å². The Labute approximate surface area is 167 Å². The zero-order valence-corrected chi connectivity index (χ0v) is 16.1. The number of urea groups is 1. The third kappa shape index (κ3) is 4.12. The van der Waals surface area contributed by atoms with Crippen LogP contribution >= 0.6 is 23.4 Å². The van der Waals surface area contributed by atoms with Crippen LogP contribution in [0.3, 0.4) is 0 Å². The minimum atomic E-state index is -0.896. The number of nitrogens with zero attached hydrogens (tertiary/aromatic N) is 1. The molecule has 0 radical (unpaired) electrons. The first-order chi connectivity index (χ1) is 12.9. The van der Waals surface area contributed by atoms with Gasteiger partial charge in [0, 0.05) is 23.2 Å². The van der Waals surface area contributed by atoms with E-state index in [9.17, 15) is 14.7 Å². The molecule has 0 aliphatic carbocycles. The highest BCUT2D eigenvalue weighted by molar-refractivity contribution is 6.42. The summed E-state index contributed by atoms with van der Waals surface area (Å²) < 4.78 is 0.942. The molecule has 1 aliphatic heterocycles. The number of halogens is 2. The van der Waals surface area contributed by atoms with Crippen molar-refractivity contribution in [3.8, 4) is 0 Å². The highest BCUT2D eigenvalue weighted by atomic mass is 35.5. The predicted octanol–water partition coefficient (Wildman–Crippen LogP) is 4.91. The summed E-state index contributed by atoms with van der Waals surface area (Å²) in [5, 5.41) is 15.3. The Hall–Kier alpha value is -2.44. The van der Waals surface area contributed by atoms with Gasteiger partial charge in [0.15, 0.2) is 0 Å². The van der Waals surface area contributed by atoms with Crippen molar-refractivity contribution in [1.29, 1.82) is 0 Å². The number of carboxylic acids is 1. The first-order valence-corrected chi connectivity index (χ1v) is 9.28. The van der Waals surface area contributed by atoms with Gasteiger partial charge in [-0.2, -0.15) is 0 Å². The van der Waals surface area contributed by atoms with Crippen LogP contribution in [0, 0.1) is 0 Å². The number of anilines is 3. The lowest BCUT2D eigenvalue weighted by molar-refractivity contribution is -0.138. The van der Waals surface area contributed by atoms with Crippen molar-refractivity contribution in [2.24, 2.45) is 0 Å². The summed E-state index contributed by atoms with van der Waals surface area (Å²) in [6.45, 7) is 2.01. The van der Waals surface area contributed by atoms with Gasteiger partial charge in [-0.15, -0.1) is 0 Å². The molecular weight excluding hydrogens is 389 g/mol. The lowest BCUT2D eigenvalue weighted by Crippen LogP contribution is -2.34. The molecule has 1 aliphatic rings. The standard InChI is InChI=1S/C19H19Cl2N3O3/c1-2-11-6-9-17(13(20)10-11)24(21)19(27)23-15-5-3-4-14-12(15)7-8-16(22-14)18(25)26/h3-6,9-10,16,22H,2,7-8H2,1H3,(H,23,27)(H,25,26). The molecule has 0 saturated heterocycles. The van der Waals surface area contributed by atoms with Crippen molar-refractivity contribution in [2.75, 3.05) is 15.1 Å². The van der Waals surface area contributed by atoms with E-state index < -0.39 is 18.0 Å². The van der Waals surface area contributed by atoms with Crippen molar-refractivity contribution < 1.29 is 14.7 Å². The molecule has 3 rings (SSSR count). The molecule has 2 aromatic carbocycles. The Morgan fingerprint density at radius 3 is 2.78 bits per heavy atom. The number of carboxylic acid groups (broad SMARTS) is 1. The smallest absolute Gasteiger partial charge is 0.341 e. The second-order valence-electron chi connectivity index (χ2n) is 6.26. The van der Waals surface area contributed by atoms with Crippen LogP contribution in [-0.2, 0) is 17.6 Å².